The summed E-state index contributed by atoms with van der Waals surface area (Å²) in [6, 6.07) is 9.67. The van der Waals surface area contributed by atoms with E-state index in [0.717, 1.165) is 37.7 Å². The Hall–Kier alpha value is -3.16. The lowest BCUT2D eigenvalue weighted by atomic mass is 9.93. The fourth-order valence-corrected chi connectivity index (χ4v) is 4.67. The number of nitrogens with zero attached hydrogens (tertiary/aromatic N) is 3. The van der Waals surface area contributed by atoms with Crippen molar-refractivity contribution in [3.8, 4) is 0 Å². The van der Waals surface area contributed by atoms with Crippen LogP contribution in [0.5, 0.6) is 0 Å². The van der Waals surface area contributed by atoms with Crippen molar-refractivity contribution in [3.63, 3.8) is 0 Å². The summed E-state index contributed by atoms with van der Waals surface area (Å²) in [5.41, 5.74) is 1.37. The minimum absolute atomic E-state index is 0.0768. The predicted molar refractivity (Wildman–Crippen MR) is 123 cm³/mol. The Balaban J connectivity index is 1.68. The highest BCUT2D eigenvalue weighted by Gasteiger charge is 2.48. The van der Waals surface area contributed by atoms with Crippen molar-refractivity contribution >= 4 is 17.8 Å². The Bertz CT molecular complexity index is 1040. The molecule has 1 aliphatic heterocycles. The van der Waals surface area contributed by atoms with Gasteiger partial charge in [-0.15, -0.1) is 0 Å². The third-order valence-electron chi connectivity index (χ3n) is 6.73. The van der Waals surface area contributed by atoms with Crippen molar-refractivity contribution in [1.29, 1.82) is 0 Å². The van der Waals surface area contributed by atoms with E-state index in [1.165, 1.54) is 16.3 Å². The van der Waals surface area contributed by atoms with Crippen LogP contribution in [0.4, 0.5) is 0 Å². The summed E-state index contributed by atoms with van der Waals surface area (Å²) >= 11 is 0. The smallest absolute Gasteiger partial charge is 0.358 e. The minimum atomic E-state index is -1.14. The number of esters is 1. The van der Waals surface area contributed by atoms with Crippen molar-refractivity contribution in [2.24, 2.45) is 0 Å². The van der Waals surface area contributed by atoms with Gasteiger partial charge in [0.25, 0.3) is 5.91 Å². The molecule has 0 saturated heterocycles. The summed E-state index contributed by atoms with van der Waals surface area (Å²) in [4.78, 5) is 41.0. The second kappa shape index (κ2) is 9.37. The van der Waals surface area contributed by atoms with Crippen LogP contribution in [-0.2, 0) is 29.0 Å². The van der Waals surface area contributed by atoms with Crippen LogP contribution in [0.25, 0.3) is 0 Å². The van der Waals surface area contributed by atoms with Gasteiger partial charge in [0.05, 0.1) is 13.2 Å². The molecule has 1 atom stereocenters. The molecule has 2 aromatic rings. The molecule has 1 fully saturated rings. The van der Waals surface area contributed by atoms with Crippen molar-refractivity contribution in [3.05, 3.63) is 52.8 Å². The first kappa shape index (κ1) is 23.0. The topological polar surface area (TPSA) is 93.5 Å². The molecule has 2 heterocycles. The fraction of sp³-hybridized carbons (Fsp3) is 0.520. The lowest BCUT2D eigenvalue weighted by molar-refractivity contribution is -0.134. The number of carbonyl (C=O) groups excluding carboxylic acids is 3. The number of hydrogen-bond acceptors (Lipinski definition) is 5. The molecule has 1 N–H and O–H groups in total. The summed E-state index contributed by atoms with van der Waals surface area (Å²) in [6.07, 6.45) is 5.03. The van der Waals surface area contributed by atoms with Crippen molar-refractivity contribution in [2.75, 3.05) is 6.61 Å². The van der Waals surface area contributed by atoms with Gasteiger partial charge in [-0.1, -0.05) is 44.0 Å². The minimum Gasteiger partial charge on any atom is -0.461 e. The van der Waals surface area contributed by atoms with E-state index in [1.54, 1.807) is 18.7 Å². The zero-order chi connectivity index (χ0) is 23.6. The van der Waals surface area contributed by atoms with Gasteiger partial charge >= 0.3 is 5.97 Å². The standard InChI is InChI=1S/C25H32N4O4/c1-4-17-10-12-18(13-11-17)15-28-22(30)21-14-20(23(31)33-5-2)27-29(21)16-25(28,3)24(32)26-19-8-6-7-9-19/h10-14,19H,4-9,15-16H2,1-3H3,(H,26,32)/t25-/m1/s1. The zero-order valence-corrected chi connectivity index (χ0v) is 19.6. The number of amides is 2. The highest BCUT2D eigenvalue weighted by Crippen LogP contribution is 2.30. The monoisotopic (exact) mass is 452 g/mol. The molecule has 1 aliphatic carbocycles. The first-order valence-corrected chi connectivity index (χ1v) is 11.8. The normalized spacial score (nSPS) is 20.6. The van der Waals surface area contributed by atoms with Gasteiger partial charge in [-0.2, -0.15) is 5.10 Å². The van der Waals surface area contributed by atoms with Crippen molar-refractivity contribution in [2.45, 2.75) is 77.5 Å². The van der Waals surface area contributed by atoms with Gasteiger partial charge in [-0.25, -0.2) is 4.79 Å². The van der Waals surface area contributed by atoms with Gasteiger partial charge in [0.1, 0.15) is 11.2 Å². The molecule has 8 nitrogen and oxygen atoms in total. The Morgan fingerprint density at radius 3 is 2.45 bits per heavy atom. The van der Waals surface area contributed by atoms with Gasteiger partial charge < -0.3 is 15.0 Å². The highest BCUT2D eigenvalue weighted by atomic mass is 16.5. The number of aromatic nitrogens is 2. The van der Waals surface area contributed by atoms with E-state index in [2.05, 4.69) is 17.3 Å². The number of hydrogen-bond donors (Lipinski definition) is 1. The van der Waals surface area contributed by atoms with E-state index in [9.17, 15) is 14.4 Å². The van der Waals surface area contributed by atoms with Gasteiger partial charge in [0.2, 0.25) is 5.91 Å². The largest absolute Gasteiger partial charge is 0.461 e. The Morgan fingerprint density at radius 2 is 1.82 bits per heavy atom. The SMILES string of the molecule is CCOC(=O)c1cc2n(n1)C[C@](C)(C(=O)NC1CCCC1)N(Cc1ccc(CC)cc1)C2=O. The number of aryl methyl sites for hydroxylation is 1. The quantitative estimate of drug-likeness (QED) is 0.652. The Labute approximate surface area is 194 Å². The summed E-state index contributed by atoms with van der Waals surface area (Å²) in [5, 5.41) is 7.47. The molecular formula is C25H32N4O4. The molecule has 0 unspecified atom stereocenters. The summed E-state index contributed by atoms with van der Waals surface area (Å²) in [6.45, 7) is 6.27. The summed E-state index contributed by atoms with van der Waals surface area (Å²) in [5.74, 6) is -1.09. The Kier molecular flexibility index (Phi) is 6.54. The van der Waals surface area contributed by atoms with E-state index in [0.29, 0.717) is 0 Å². The maximum atomic E-state index is 13.6. The molecule has 1 saturated carbocycles. The second-order valence-electron chi connectivity index (χ2n) is 9.08. The molecule has 176 valence electrons. The number of carbonyl (C=O) groups is 3. The van der Waals surface area contributed by atoms with E-state index in [1.807, 2.05) is 24.3 Å². The fourth-order valence-electron chi connectivity index (χ4n) is 4.67. The molecule has 2 aliphatic rings. The van der Waals surface area contributed by atoms with Gasteiger partial charge in [-0.3, -0.25) is 14.3 Å². The second-order valence-corrected chi connectivity index (χ2v) is 9.08. The molecule has 8 heteroatoms. The number of benzene rings is 1. The molecule has 33 heavy (non-hydrogen) atoms. The number of ether oxygens (including phenoxy) is 1. The average molecular weight is 453 g/mol. The molecule has 4 rings (SSSR count). The number of rotatable bonds is 7. The maximum absolute atomic E-state index is 13.6. The van der Waals surface area contributed by atoms with Crippen LogP contribution in [0.2, 0.25) is 0 Å². The van der Waals surface area contributed by atoms with Crippen LogP contribution >= 0.6 is 0 Å². The average Bonchev–Trinajstić information content (AvgIpc) is 3.47. The first-order chi connectivity index (χ1) is 15.9. The van der Waals surface area contributed by atoms with Gasteiger partial charge in [0, 0.05) is 18.7 Å². The van der Waals surface area contributed by atoms with Crippen molar-refractivity contribution < 1.29 is 19.1 Å². The van der Waals surface area contributed by atoms with E-state index >= 15 is 0 Å². The van der Waals surface area contributed by atoms with E-state index < -0.39 is 11.5 Å². The van der Waals surface area contributed by atoms with E-state index in [-0.39, 0.29) is 48.9 Å². The molecular weight excluding hydrogens is 420 g/mol. The van der Waals surface area contributed by atoms with Gasteiger partial charge in [-0.05, 0) is 44.2 Å². The summed E-state index contributed by atoms with van der Waals surface area (Å²) < 4.78 is 6.53. The van der Waals surface area contributed by atoms with Crippen LogP contribution in [0.15, 0.2) is 30.3 Å². The molecule has 2 amide bonds. The van der Waals surface area contributed by atoms with Crippen LogP contribution in [0, 0.1) is 0 Å². The number of fused-ring (bicyclic) bond motifs is 1. The van der Waals surface area contributed by atoms with E-state index in [4.69, 9.17) is 4.74 Å². The zero-order valence-electron chi connectivity index (χ0n) is 19.6. The third kappa shape index (κ3) is 4.51. The van der Waals surface area contributed by atoms with Crippen molar-refractivity contribution in [1.82, 2.24) is 20.0 Å². The summed E-state index contributed by atoms with van der Waals surface area (Å²) in [7, 11) is 0. The maximum Gasteiger partial charge on any atom is 0.358 e. The van der Waals surface area contributed by atoms with Crippen LogP contribution < -0.4 is 5.32 Å². The molecule has 1 aromatic carbocycles. The number of nitrogens with one attached hydrogen (secondary N) is 1. The highest BCUT2D eigenvalue weighted by molar-refractivity contribution is 6.01. The third-order valence-corrected chi connectivity index (χ3v) is 6.73. The lowest BCUT2D eigenvalue weighted by Crippen LogP contribution is -2.64. The van der Waals surface area contributed by atoms with Gasteiger partial charge in [0.15, 0.2) is 5.69 Å². The van der Waals surface area contributed by atoms with Crippen LogP contribution in [0.1, 0.15) is 78.6 Å². The molecule has 0 bridgehead atoms. The predicted octanol–water partition coefficient (Wildman–Crippen LogP) is 3.10. The Morgan fingerprint density at radius 1 is 1.15 bits per heavy atom. The van der Waals surface area contributed by atoms with Crippen LogP contribution in [0.3, 0.4) is 0 Å². The first-order valence-electron chi connectivity index (χ1n) is 11.8. The molecule has 0 radical (unpaired) electrons. The molecule has 0 spiro atoms. The lowest BCUT2D eigenvalue weighted by Gasteiger charge is -2.43. The molecule has 1 aromatic heterocycles. The van der Waals surface area contributed by atoms with Crippen LogP contribution in [-0.4, -0.2) is 50.7 Å².